The number of fused-ring (bicyclic) bond motifs is 1. The van der Waals surface area contributed by atoms with Gasteiger partial charge in [0.2, 0.25) is 0 Å². The zero-order chi connectivity index (χ0) is 16.7. The van der Waals surface area contributed by atoms with Crippen molar-refractivity contribution < 1.29 is 9.50 Å². The molecule has 4 heteroatoms. The first-order chi connectivity index (χ1) is 11.2. The van der Waals surface area contributed by atoms with Crippen molar-refractivity contribution in [3.05, 3.63) is 47.8 Å². The summed E-state index contributed by atoms with van der Waals surface area (Å²) in [5, 5.41) is 12.1. The van der Waals surface area contributed by atoms with Crippen molar-refractivity contribution >= 4 is 23.2 Å². The van der Waals surface area contributed by atoms with E-state index in [9.17, 15) is 9.50 Å². The van der Waals surface area contributed by atoms with Crippen LogP contribution in [-0.4, -0.2) is 29.6 Å². The Balaban J connectivity index is 0.00000288. The lowest BCUT2D eigenvalue weighted by molar-refractivity contribution is 0.112. The van der Waals surface area contributed by atoms with Gasteiger partial charge < -0.3 is 10.0 Å². The normalized spacial score (nSPS) is 12.4. The quantitative estimate of drug-likeness (QED) is 0.658. The molecule has 0 heterocycles. The third-order valence-electron chi connectivity index (χ3n) is 4.35. The van der Waals surface area contributed by atoms with Gasteiger partial charge in [0.15, 0.2) is 0 Å². The van der Waals surface area contributed by atoms with Gasteiger partial charge in [-0.2, -0.15) is 0 Å². The zero-order valence-electron chi connectivity index (χ0n) is 14.7. The van der Waals surface area contributed by atoms with Crippen molar-refractivity contribution in [2.24, 2.45) is 0 Å². The van der Waals surface area contributed by atoms with Crippen LogP contribution in [0.5, 0.6) is 0 Å². The van der Waals surface area contributed by atoms with Crippen LogP contribution in [-0.2, 0) is 0 Å². The molecule has 2 rings (SSSR count). The average molecular weight is 354 g/mol. The first-order valence-electron chi connectivity index (χ1n) is 8.75. The third kappa shape index (κ3) is 5.44. The van der Waals surface area contributed by atoms with E-state index in [2.05, 4.69) is 18.7 Å². The second-order valence-corrected chi connectivity index (χ2v) is 6.21. The van der Waals surface area contributed by atoms with Gasteiger partial charge in [-0.25, -0.2) is 4.39 Å². The summed E-state index contributed by atoms with van der Waals surface area (Å²) in [5.74, 6) is -0.231. The Bertz CT molecular complexity index is 612. The van der Waals surface area contributed by atoms with E-state index in [4.69, 9.17) is 0 Å². The second-order valence-electron chi connectivity index (χ2n) is 6.21. The van der Waals surface area contributed by atoms with Crippen molar-refractivity contribution in [1.29, 1.82) is 0 Å². The summed E-state index contributed by atoms with van der Waals surface area (Å²) in [5.41, 5.74) is 0.819. The number of hydrogen-bond donors (Lipinski definition) is 1. The van der Waals surface area contributed by atoms with Gasteiger partial charge in [-0.15, -0.1) is 12.4 Å². The summed E-state index contributed by atoms with van der Waals surface area (Å²) < 4.78 is 13.9. The van der Waals surface area contributed by atoms with E-state index >= 15 is 0 Å². The van der Waals surface area contributed by atoms with Crippen LogP contribution in [0, 0.1) is 5.82 Å². The number of halogens is 2. The lowest BCUT2D eigenvalue weighted by Crippen LogP contribution is -2.30. The molecule has 0 bridgehead atoms. The standard InChI is InChI=1S/C20H28FNO.ClH/c1-3-5-13-22(14-6-4-2)15-20(23)18-11-12-19(21)17-10-8-7-9-16(17)18;/h7-12,20,23H,3-6,13-15H2,1-2H3;1H. The van der Waals surface area contributed by atoms with Crippen LogP contribution in [0.2, 0.25) is 0 Å². The number of unbranched alkanes of at least 4 members (excludes halogenated alkanes) is 2. The molecule has 24 heavy (non-hydrogen) atoms. The van der Waals surface area contributed by atoms with Crippen molar-refractivity contribution in [2.75, 3.05) is 19.6 Å². The Morgan fingerprint density at radius 1 is 0.958 bits per heavy atom. The van der Waals surface area contributed by atoms with Gasteiger partial charge in [0, 0.05) is 11.9 Å². The van der Waals surface area contributed by atoms with E-state index in [0.29, 0.717) is 11.9 Å². The molecule has 0 amide bonds. The third-order valence-corrected chi connectivity index (χ3v) is 4.35. The fourth-order valence-corrected chi connectivity index (χ4v) is 2.98. The summed E-state index contributed by atoms with van der Waals surface area (Å²) in [6.45, 7) is 6.98. The topological polar surface area (TPSA) is 23.5 Å². The van der Waals surface area contributed by atoms with E-state index in [1.165, 1.54) is 6.07 Å². The SMILES string of the molecule is CCCCN(CCCC)CC(O)c1ccc(F)c2ccccc12.Cl. The molecule has 2 nitrogen and oxygen atoms in total. The van der Waals surface area contributed by atoms with Crippen LogP contribution in [0.1, 0.15) is 51.2 Å². The van der Waals surface area contributed by atoms with Gasteiger partial charge in [0.1, 0.15) is 5.82 Å². The Morgan fingerprint density at radius 2 is 1.54 bits per heavy atom. The minimum atomic E-state index is -0.589. The lowest BCUT2D eigenvalue weighted by Gasteiger charge is -2.25. The minimum Gasteiger partial charge on any atom is -0.387 e. The highest BCUT2D eigenvalue weighted by Gasteiger charge is 2.16. The molecular formula is C20H29ClFNO. The molecule has 0 spiro atoms. The summed E-state index contributed by atoms with van der Waals surface area (Å²) in [4.78, 5) is 2.33. The predicted molar refractivity (Wildman–Crippen MR) is 102 cm³/mol. The molecule has 134 valence electrons. The Labute approximate surface area is 151 Å². The maximum Gasteiger partial charge on any atom is 0.131 e. The number of aliphatic hydroxyl groups is 1. The van der Waals surface area contributed by atoms with E-state index in [1.54, 1.807) is 12.1 Å². The van der Waals surface area contributed by atoms with E-state index < -0.39 is 6.10 Å². The largest absolute Gasteiger partial charge is 0.387 e. The fourth-order valence-electron chi connectivity index (χ4n) is 2.98. The van der Waals surface area contributed by atoms with Gasteiger partial charge in [-0.05, 0) is 42.9 Å². The molecule has 0 aliphatic carbocycles. The molecule has 0 saturated heterocycles. The summed E-state index contributed by atoms with van der Waals surface area (Å²) in [7, 11) is 0. The highest BCUT2D eigenvalue weighted by molar-refractivity contribution is 5.86. The lowest BCUT2D eigenvalue weighted by atomic mass is 9.99. The summed E-state index contributed by atoms with van der Waals surface area (Å²) >= 11 is 0. The Kier molecular flexibility index (Phi) is 9.27. The molecule has 2 aromatic carbocycles. The van der Waals surface area contributed by atoms with Crippen molar-refractivity contribution in [3.8, 4) is 0 Å². The molecule has 1 N–H and O–H groups in total. The maximum atomic E-state index is 13.9. The van der Waals surface area contributed by atoms with Gasteiger partial charge >= 0.3 is 0 Å². The highest BCUT2D eigenvalue weighted by Crippen LogP contribution is 2.27. The molecule has 0 fully saturated rings. The number of aliphatic hydroxyl groups excluding tert-OH is 1. The smallest absolute Gasteiger partial charge is 0.131 e. The number of benzene rings is 2. The molecule has 0 aromatic heterocycles. The molecule has 1 atom stereocenters. The fraction of sp³-hybridized carbons (Fsp3) is 0.500. The van der Waals surface area contributed by atoms with Crippen LogP contribution in [0.3, 0.4) is 0 Å². The summed E-state index contributed by atoms with van der Waals surface area (Å²) in [6, 6.07) is 10.6. The molecule has 0 aliphatic rings. The molecule has 1 unspecified atom stereocenters. The molecular weight excluding hydrogens is 325 g/mol. The van der Waals surface area contributed by atoms with Gasteiger partial charge in [0.25, 0.3) is 0 Å². The van der Waals surface area contributed by atoms with E-state index in [1.807, 2.05) is 18.2 Å². The van der Waals surface area contributed by atoms with Crippen LogP contribution in [0.15, 0.2) is 36.4 Å². The summed E-state index contributed by atoms with van der Waals surface area (Å²) in [6.07, 6.45) is 3.99. The van der Waals surface area contributed by atoms with Crippen molar-refractivity contribution in [3.63, 3.8) is 0 Å². The van der Waals surface area contributed by atoms with Gasteiger partial charge in [0.05, 0.1) is 6.10 Å². The first-order valence-corrected chi connectivity index (χ1v) is 8.75. The van der Waals surface area contributed by atoms with Crippen molar-refractivity contribution in [1.82, 2.24) is 4.90 Å². The van der Waals surface area contributed by atoms with Gasteiger partial charge in [-0.3, -0.25) is 0 Å². The van der Waals surface area contributed by atoms with Crippen LogP contribution in [0.25, 0.3) is 10.8 Å². The molecule has 2 aromatic rings. The van der Waals surface area contributed by atoms with Gasteiger partial charge in [-0.1, -0.05) is 57.0 Å². The maximum absolute atomic E-state index is 13.9. The second kappa shape index (κ2) is 10.7. The molecule has 0 saturated carbocycles. The predicted octanol–water partition coefficient (Wildman–Crippen LogP) is 5.34. The minimum absolute atomic E-state index is 0. The van der Waals surface area contributed by atoms with Crippen LogP contribution < -0.4 is 0 Å². The van der Waals surface area contributed by atoms with Crippen molar-refractivity contribution in [2.45, 2.75) is 45.6 Å². The first kappa shape index (κ1) is 20.9. The van der Waals surface area contributed by atoms with E-state index in [0.717, 1.165) is 49.7 Å². The number of rotatable bonds is 9. The average Bonchev–Trinajstić information content (AvgIpc) is 2.57. The van der Waals surface area contributed by atoms with Crippen LogP contribution in [0.4, 0.5) is 4.39 Å². The zero-order valence-corrected chi connectivity index (χ0v) is 15.5. The van der Waals surface area contributed by atoms with E-state index in [-0.39, 0.29) is 18.2 Å². The molecule has 0 radical (unpaired) electrons. The monoisotopic (exact) mass is 353 g/mol. The highest BCUT2D eigenvalue weighted by atomic mass is 35.5. The Morgan fingerprint density at radius 3 is 2.12 bits per heavy atom. The Hall–Kier alpha value is -1.16. The number of nitrogens with zero attached hydrogens (tertiary/aromatic N) is 1. The molecule has 0 aliphatic heterocycles. The number of hydrogen-bond acceptors (Lipinski definition) is 2. The van der Waals surface area contributed by atoms with Crippen LogP contribution >= 0.6 is 12.4 Å².